The summed E-state index contributed by atoms with van der Waals surface area (Å²) in [6, 6.07) is 9.00. The minimum atomic E-state index is -1.36. The van der Waals surface area contributed by atoms with Gasteiger partial charge < -0.3 is 14.4 Å². The first-order valence-corrected chi connectivity index (χ1v) is 14.0. The van der Waals surface area contributed by atoms with E-state index in [-0.39, 0.29) is 6.61 Å². The van der Waals surface area contributed by atoms with E-state index in [1.807, 2.05) is 48.5 Å². The Balaban J connectivity index is 1.15. The highest BCUT2D eigenvalue weighted by molar-refractivity contribution is 5.88. The molecule has 0 aliphatic carbocycles. The van der Waals surface area contributed by atoms with Gasteiger partial charge in [-0.15, -0.1) is 0 Å². The summed E-state index contributed by atoms with van der Waals surface area (Å²) in [5, 5.41) is 14.0. The molecule has 0 radical (unpaired) electrons. The van der Waals surface area contributed by atoms with Crippen molar-refractivity contribution in [1.82, 2.24) is 24.4 Å². The summed E-state index contributed by atoms with van der Waals surface area (Å²) in [5.74, 6) is 1.99. The Kier molecular flexibility index (Phi) is 7.43. The average molecular weight is 571 g/mol. The molecule has 4 fully saturated rings. The number of nitrogens with zero attached hydrogens (tertiary/aromatic N) is 8. The molecule has 11 heteroatoms. The van der Waals surface area contributed by atoms with Gasteiger partial charge in [-0.25, -0.2) is 13.9 Å². The number of hydrogen-bond donors (Lipinski definition) is 0. The number of rotatable bonds is 9. The molecule has 3 aromatic heterocycles. The second-order valence-corrected chi connectivity index (χ2v) is 11.4. The van der Waals surface area contributed by atoms with Crippen LogP contribution in [0.25, 0.3) is 16.6 Å². The number of pyridine rings is 2. The summed E-state index contributed by atoms with van der Waals surface area (Å²) in [7, 11) is 5.19. The molecule has 4 saturated heterocycles. The molecule has 0 amide bonds. The number of anilines is 1. The number of alkyl halides is 1. The molecule has 7 rings (SSSR count). The Morgan fingerprint density at radius 1 is 1.26 bits per heavy atom. The lowest BCUT2D eigenvalue weighted by Gasteiger charge is -2.56. The van der Waals surface area contributed by atoms with E-state index in [1.54, 1.807) is 24.9 Å². The number of halogens is 1. The molecular formula is C31H35FN8O2. The molecule has 42 heavy (non-hydrogen) atoms. The minimum Gasteiger partial charge on any atom is -0.489 e. The Hall–Kier alpha value is -4.27. The van der Waals surface area contributed by atoms with Gasteiger partial charge in [-0.2, -0.15) is 10.4 Å². The largest absolute Gasteiger partial charge is 0.489 e. The van der Waals surface area contributed by atoms with Crippen LogP contribution in [0.1, 0.15) is 12.0 Å². The maximum absolute atomic E-state index is 14.8. The molecule has 2 atom stereocenters. The van der Waals surface area contributed by atoms with Crippen molar-refractivity contribution in [3.8, 4) is 22.9 Å². The number of methoxy groups -OCH3 is 1. The third-order valence-electron chi connectivity index (χ3n) is 8.32. The molecule has 218 valence electrons. The molecule has 0 saturated carbocycles. The van der Waals surface area contributed by atoms with E-state index in [9.17, 15) is 9.65 Å². The molecule has 3 aromatic rings. The molecule has 10 nitrogen and oxygen atoms in total. The van der Waals surface area contributed by atoms with Crippen LogP contribution in [0.15, 0.2) is 66.1 Å². The van der Waals surface area contributed by atoms with E-state index in [4.69, 9.17) is 14.5 Å². The van der Waals surface area contributed by atoms with Gasteiger partial charge in [-0.1, -0.05) is 12.7 Å². The van der Waals surface area contributed by atoms with Gasteiger partial charge in [-0.3, -0.25) is 14.8 Å². The number of likely N-dealkylation sites (tertiary alicyclic amines) is 1. The van der Waals surface area contributed by atoms with Crippen molar-refractivity contribution >= 4 is 17.2 Å². The van der Waals surface area contributed by atoms with Crippen molar-refractivity contribution < 1.29 is 13.9 Å². The van der Waals surface area contributed by atoms with E-state index >= 15 is 0 Å². The van der Waals surface area contributed by atoms with Crippen LogP contribution in [-0.2, 0) is 4.74 Å². The van der Waals surface area contributed by atoms with Crippen molar-refractivity contribution in [3.05, 3.63) is 66.7 Å². The van der Waals surface area contributed by atoms with Gasteiger partial charge in [0.15, 0.2) is 5.67 Å². The lowest BCUT2D eigenvalue weighted by atomic mass is 9.86. The van der Waals surface area contributed by atoms with Crippen LogP contribution < -0.4 is 9.64 Å². The minimum absolute atomic E-state index is 0.0367. The first-order valence-electron chi connectivity index (χ1n) is 14.0. The molecule has 4 aliphatic heterocycles. The summed E-state index contributed by atoms with van der Waals surface area (Å²) in [6.45, 7) is 7.47. The molecule has 0 spiro atoms. The normalized spacial score (nSPS) is 22.1. The highest BCUT2D eigenvalue weighted by atomic mass is 19.1. The second kappa shape index (κ2) is 11.2. The summed E-state index contributed by atoms with van der Waals surface area (Å²) < 4.78 is 27.5. The molecule has 2 bridgehead atoms. The van der Waals surface area contributed by atoms with E-state index in [2.05, 4.69) is 32.5 Å². The maximum Gasteiger partial charge on any atom is 0.207 e. The third-order valence-corrected chi connectivity index (χ3v) is 8.32. The lowest BCUT2D eigenvalue weighted by Crippen LogP contribution is -2.69. The first-order chi connectivity index (χ1) is 20.3. The van der Waals surface area contributed by atoms with Crippen LogP contribution in [0.2, 0.25) is 0 Å². The summed E-state index contributed by atoms with van der Waals surface area (Å²) in [6.07, 6.45) is 10.0. The Bertz CT molecular complexity index is 1570. The molecule has 7 heterocycles. The number of fused-ring (bicyclic) bond motifs is 3. The predicted molar refractivity (Wildman–Crippen MR) is 160 cm³/mol. The molecular weight excluding hydrogens is 535 g/mol. The quantitative estimate of drug-likeness (QED) is 0.220. The fraction of sp³-hybridized carbons (Fsp3) is 0.419. The van der Waals surface area contributed by atoms with E-state index in [0.29, 0.717) is 47.9 Å². The molecule has 4 aliphatic rings. The summed E-state index contributed by atoms with van der Waals surface area (Å²) >= 11 is 0. The van der Waals surface area contributed by atoms with Crippen LogP contribution >= 0.6 is 0 Å². The number of ether oxygens (including phenoxy) is 2. The highest BCUT2D eigenvalue weighted by Crippen LogP contribution is 2.36. The Labute approximate surface area is 245 Å². The van der Waals surface area contributed by atoms with Gasteiger partial charge in [0.25, 0.3) is 0 Å². The van der Waals surface area contributed by atoms with Crippen LogP contribution in [0, 0.1) is 11.3 Å². The zero-order chi connectivity index (χ0) is 29.4. The average Bonchev–Trinajstić information content (AvgIpc) is 3.41. The standard InChI is InChI=1S/C31H35FN8O2/c1-21(5-8-29(34-2)41-4)14-39-24-9-25(39)16-38(15-24)28-7-6-22(12-35-28)27-10-26(42-20-31(32)18-37(3)19-31)17-40-30(27)23(11-33)13-36-40/h5-8,10,12-13,17,24-25H,1,9,14-16,18-20H2,2-4H3/b8-5-,34-29+. The Morgan fingerprint density at radius 3 is 2.69 bits per heavy atom. The maximum atomic E-state index is 14.8. The number of hydrogen-bond acceptors (Lipinski definition) is 9. The fourth-order valence-electron chi connectivity index (χ4n) is 6.28. The Morgan fingerprint density at radius 2 is 2.05 bits per heavy atom. The second-order valence-electron chi connectivity index (χ2n) is 11.4. The molecule has 0 N–H and O–H groups in total. The number of piperidine rings is 1. The summed E-state index contributed by atoms with van der Waals surface area (Å²) in [5.41, 5.74) is 2.39. The van der Waals surface area contributed by atoms with E-state index in [0.717, 1.165) is 42.2 Å². The van der Waals surface area contributed by atoms with Crippen LogP contribution in [-0.4, -0.2) is 109 Å². The van der Waals surface area contributed by atoms with Crippen LogP contribution in [0.4, 0.5) is 10.2 Å². The number of aliphatic imine (C=N–C) groups is 1. The predicted octanol–water partition coefficient (Wildman–Crippen LogP) is 3.35. The van der Waals surface area contributed by atoms with Crippen molar-refractivity contribution in [1.29, 1.82) is 5.26 Å². The first kappa shape index (κ1) is 27.9. The van der Waals surface area contributed by atoms with Gasteiger partial charge in [0, 0.05) is 75.3 Å². The van der Waals surface area contributed by atoms with Crippen molar-refractivity contribution in [2.75, 3.05) is 65.4 Å². The number of nitriles is 1. The van der Waals surface area contributed by atoms with E-state index in [1.165, 1.54) is 12.6 Å². The van der Waals surface area contributed by atoms with Crippen molar-refractivity contribution in [3.63, 3.8) is 0 Å². The zero-order valence-corrected chi connectivity index (χ0v) is 24.2. The summed E-state index contributed by atoms with van der Waals surface area (Å²) in [4.78, 5) is 15.6. The number of aromatic nitrogens is 3. The zero-order valence-electron chi connectivity index (χ0n) is 24.2. The monoisotopic (exact) mass is 570 g/mol. The highest BCUT2D eigenvalue weighted by Gasteiger charge is 2.45. The SMILES string of the molecule is C=C(/C=C\C(=N/C)OC)CN1C2CC1CN(c1ccc(-c3cc(OCC4(F)CN(C)C4)cn4ncc(C#N)c34)cn1)C2. The third kappa shape index (κ3) is 5.35. The smallest absolute Gasteiger partial charge is 0.207 e. The van der Waals surface area contributed by atoms with Gasteiger partial charge in [-0.05, 0) is 37.2 Å². The van der Waals surface area contributed by atoms with Gasteiger partial charge in [0.05, 0.1) is 30.6 Å². The molecule has 2 unspecified atom stereocenters. The van der Waals surface area contributed by atoms with E-state index < -0.39 is 5.67 Å². The van der Waals surface area contributed by atoms with Crippen molar-refractivity contribution in [2.24, 2.45) is 4.99 Å². The number of piperazine rings is 1. The topological polar surface area (TPSA) is 94.5 Å². The van der Waals surface area contributed by atoms with Gasteiger partial charge >= 0.3 is 0 Å². The van der Waals surface area contributed by atoms with Gasteiger partial charge in [0.1, 0.15) is 24.2 Å². The van der Waals surface area contributed by atoms with Crippen molar-refractivity contribution in [2.45, 2.75) is 24.2 Å². The fourth-order valence-corrected chi connectivity index (χ4v) is 6.28. The van der Waals surface area contributed by atoms with Crippen LogP contribution in [0.5, 0.6) is 5.75 Å². The van der Waals surface area contributed by atoms with Gasteiger partial charge in [0.2, 0.25) is 5.90 Å². The lowest BCUT2D eigenvalue weighted by molar-refractivity contribution is -0.0466. The van der Waals surface area contributed by atoms with Crippen LogP contribution in [0.3, 0.4) is 0 Å². The molecule has 0 aromatic carbocycles.